The third kappa shape index (κ3) is 4.30. The van der Waals surface area contributed by atoms with E-state index in [2.05, 4.69) is 6.92 Å². The van der Waals surface area contributed by atoms with E-state index in [0.717, 1.165) is 5.92 Å². The zero-order valence-corrected chi connectivity index (χ0v) is 11.6. The number of nitrogens with two attached hydrogens (primary N) is 1. The van der Waals surface area contributed by atoms with Crippen molar-refractivity contribution in [3.8, 4) is 0 Å². The van der Waals surface area contributed by atoms with Crippen LogP contribution in [-0.2, 0) is 4.79 Å². The fourth-order valence-electron chi connectivity index (χ4n) is 2.67. The van der Waals surface area contributed by atoms with E-state index < -0.39 is 0 Å². The Morgan fingerprint density at radius 1 is 1.35 bits per heavy atom. The van der Waals surface area contributed by atoms with E-state index in [1.165, 1.54) is 32.1 Å². The summed E-state index contributed by atoms with van der Waals surface area (Å²) in [6, 6.07) is 0.468. The molecule has 1 rings (SSSR count). The first-order chi connectivity index (χ1) is 8.08. The van der Waals surface area contributed by atoms with E-state index in [9.17, 15) is 4.79 Å². The van der Waals surface area contributed by atoms with Crippen LogP contribution < -0.4 is 5.73 Å². The van der Waals surface area contributed by atoms with Crippen LogP contribution in [0, 0.1) is 11.8 Å². The fourth-order valence-corrected chi connectivity index (χ4v) is 2.67. The second kappa shape index (κ2) is 7.00. The second-order valence-corrected chi connectivity index (χ2v) is 5.63. The Morgan fingerprint density at radius 3 is 2.41 bits per heavy atom. The van der Waals surface area contributed by atoms with E-state index in [4.69, 9.17) is 5.73 Å². The highest BCUT2D eigenvalue weighted by atomic mass is 16.2. The average molecular weight is 240 g/mol. The molecule has 0 spiro atoms. The van der Waals surface area contributed by atoms with Gasteiger partial charge in [-0.2, -0.15) is 0 Å². The van der Waals surface area contributed by atoms with Gasteiger partial charge in [0.15, 0.2) is 0 Å². The molecule has 0 aromatic rings. The molecule has 17 heavy (non-hydrogen) atoms. The van der Waals surface area contributed by atoms with Crippen molar-refractivity contribution in [3.05, 3.63) is 0 Å². The van der Waals surface area contributed by atoms with Crippen LogP contribution in [0.25, 0.3) is 0 Å². The lowest BCUT2D eigenvalue weighted by molar-refractivity contribution is -0.133. The molecule has 100 valence electrons. The van der Waals surface area contributed by atoms with E-state index in [0.29, 0.717) is 24.9 Å². The Labute approximate surface area is 106 Å². The standard InChI is InChI=1S/C14H28N2O/c1-4-12-5-7-13(8-6-12)16(3)14(17)9-11(2)10-15/h11-13H,4-10,15H2,1-3H3. The predicted octanol–water partition coefficient (Wildman–Crippen LogP) is 2.40. The quantitative estimate of drug-likeness (QED) is 0.802. The zero-order chi connectivity index (χ0) is 12.8. The molecule has 0 aliphatic heterocycles. The lowest BCUT2D eigenvalue weighted by Gasteiger charge is -2.35. The van der Waals surface area contributed by atoms with Crippen LogP contribution in [0.15, 0.2) is 0 Å². The van der Waals surface area contributed by atoms with Gasteiger partial charge in [0.2, 0.25) is 5.91 Å². The van der Waals surface area contributed by atoms with Crippen molar-refractivity contribution in [2.45, 2.75) is 58.4 Å². The number of hydrogen-bond donors (Lipinski definition) is 1. The van der Waals surface area contributed by atoms with Crippen molar-refractivity contribution in [2.24, 2.45) is 17.6 Å². The minimum atomic E-state index is 0.267. The molecule has 0 saturated heterocycles. The molecule has 0 bridgehead atoms. The molecule has 3 heteroatoms. The summed E-state index contributed by atoms with van der Waals surface area (Å²) in [7, 11) is 1.96. The van der Waals surface area contributed by atoms with Gasteiger partial charge >= 0.3 is 0 Å². The molecule has 1 unspecified atom stereocenters. The van der Waals surface area contributed by atoms with Crippen LogP contribution in [0.2, 0.25) is 0 Å². The summed E-state index contributed by atoms with van der Waals surface area (Å²) in [6.07, 6.45) is 6.81. The minimum Gasteiger partial charge on any atom is -0.343 e. The van der Waals surface area contributed by atoms with Gasteiger partial charge in [0.1, 0.15) is 0 Å². The Balaban J connectivity index is 2.37. The SMILES string of the molecule is CCC1CCC(N(C)C(=O)CC(C)CN)CC1. The maximum Gasteiger partial charge on any atom is 0.222 e. The zero-order valence-electron chi connectivity index (χ0n) is 11.6. The first-order valence-corrected chi connectivity index (χ1v) is 7.04. The fraction of sp³-hybridized carbons (Fsp3) is 0.929. The third-order valence-corrected chi connectivity index (χ3v) is 4.26. The Morgan fingerprint density at radius 2 is 1.94 bits per heavy atom. The van der Waals surface area contributed by atoms with Crippen molar-refractivity contribution in [1.29, 1.82) is 0 Å². The summed E-state index contributed by atoms with van der Waals surface area (Å²) in [5.74, 6) is 1.46. The second-order valence-electron chi connectivity index (χ2n) is 5.63. The smallest absolute Gasteiger partial charge is 0.222 e. The van der Waals surface area contributed by atoms with Crippen molar-refractivity contribution in [3.63, 3.8) is 0 Å². The maximum atomic E-state index is 12.0. The average Bonchev–Trinajstić information content (AvgIpc) is 2.37. The number of hydrogen-bond acceptors (Lipinski definition) is 2. The largest absolute Gasteiger partial charge is 0.343 e. The number of carbonyl (C=O) groups is 1. The van der Waals surface area contributed by atoms with Gasteiger partial charge in [-0.05, 0) is 44.1 Å². The van der Waals surface area contributed by atoms with Crippen LogP contribution in [-0.4, -0.2) is 30.4 Å². The number of nitrogens with zero attached hydrogens (tertiary/aromatic N) is 1. The van der Waals surface area contributed by atoms with Crippen LogP contribution in [0.5, 0.6) is 0 Å². The normalized spacial score (nSPS) is 26.6. The molecule has 1 fully saturated rings. The van der Waals surface area contributed by atoms with Gasteiger partial charge < -0.3 is 10.6 Å². The van der Waals surface area contributed by atoms with Gasteiger partial charge in [-0.25, -0.2) is 0 Å². The Bertz CT molecular complexity index is 234. The van der Waals surface area contributed by atoms with E-state index >= 15 is 0 Å². The predicted molar refractivity (Wildman–Crippen MR) is 71.6 cm³/mol. The van der Waals surface area contributed by atoms with Crippen LogP contribution in [0.4, 0.5) is 0 Å². The molecule has 1 saturated carbocycles. The lowest BCUT2D eigenvalue weighted by atomic mass is 9.84. The van der Waals surface area contributed by atoms with E-state index in [1.54, 1.807) is 0 Å². The van der Waals surface area contributed by atoms with Gasteiger partial charge in [0.05, 0.1) is 0 Å². The van der Waals surface area contributed by atoms with E-state index in [-0.39, 0.29) is 5.91 Å². The highest BCUT2D eigenvalue weighted by Gasteiger charge is 2.26. The summed E-state index contributed by atoms with van der Waals surface area (Å²) < 4.78 is 0. The van der Waals surface area contributed by atoms with Crippen molar-refractivity contribution in [2.75, 3.05) is 13.6 Å². The summed E-state index contributed by atoms with van der Waals surface area (Å²) in [4.78, 5) is 14.0. The number of carbonyl (C=O) groups excluding carboxylic acids is 1. The van der Waals surface area contributed by atoms with Crippen LogP contribution >= 0.6 is 0 Å². The molecule has 2 N–H and O–H groups in total. The molecule has 1 aliphatic rings. The van der Waals surface area contributed by atoms with Gasteiger partial charge in [0.25, 0.3) is 0 Å². The Hall–Kier alpha value is -0.570. The monoisotopic (exact) mass is 240 g/mol. The molecular weight excluding hydrogens is 212 g/mol. The minimum absolute atomic E-state index is 0.267. The topological polar surface area (TPSA) is 46.3 Å². The molecule has 0 radical (unpaired) electrons. The first kappa shape index (κ1) is 14.5. The first-order valence-electron chi connectivity index (χ1n) is 7.04. The van der Waals surface area contributed by atoms with Crippen LogP contribution in [0.3, 0.4) is 0 Å². The summed E-state index contributed by atoms with van der Waals surface area (Å²) >= 11 is 0. The van der Waals surface area contributed by atoms with Gasteiger partial charge in [-0.15, -0.1) is 0 Å². The molecule has 0 heterocycles. The van der Waals surface area contributed by atoms with Gasteiger partial charge in [-0.1, -0.05) is 20.3 Å². The van der Waals surface area contributed by atoms with Crippen molar-refractivity contribution >= 4 is 5.91 Å². The van der Waals surface area contributed by atoms with Gasteiger partial charge in [0, 0.05) is 19.5 Å². The maximum absolute atomic E-state index is 12.0. The molecule has 0 aromatic carbocycles. The molecule has 0 aromatic heterocycles. The Kier molecular flexibility index (Phi) is 5.96. The number of rotatable bonds is 5. The summed E-state index contributed by atoms with van der Waals surface area (Å²) in [5.41, 5.74) is 5.56. The van der Waals surface area contributed by atoms with Crippen LogP contribution in [0.1, 0.15) is 52.4 Å². The molecular formula is C14H28N2O. The summed E-state index contributed by atoms with van der Waals surface area (Å²) in [6.45, 7) is 4.91. The van der Waals surface area contributed by atoms with Crippen molar-refractivity contribution < 1.29 is 4.79 Å². The van der Waals surface area contributed by atoms with E-state index in [1.807, 2.05) is 18.9 Å². The summed E-state index contributed by atoms with van der Waals surface area (Å²) in [5, 5.41) is 0. The highest BCUT2D eigenvalue weighted by molar-refractivity contribution is 5.76. The molecule has 1 amide bonds. The third-order valence-electron chi connectivity index (χ3n) is 4.26. The number of amides is 1. The van der Waals surface area contributed by atoms with Gasteiger partial charge in [-0.3, -0.25) is 4.79 Å². The molecule has 1 aliphatic carbocycles. The molecule has 1 atom stereocenters. The van der Waals surface area contributed by atoms with Crippen molar-refractivity contribution in [1.82, 2.24) is 4.90 Å². The lowest BCUT2D eigenvalue weighted by Crippen LogP contribution is -2.40. The highest BCUT2D eigenvalue weighted by Crippen LogP contribution is 2.29. The molecule has 3 nitrogen and oxygen atoms in total.